The van der Waals surface area contributed by atoms with E-state index in [1.807, 2.05) is 0 Å². The number of hydrogen-bond donors (Lipinski definition) is 0. The van der Waals surface area contributed by atoms with Crippen molar-refractivity contribution in [1.82, 2.24) is 0 Å². The van der Waals surface area contributed by atoms with Crippen LogP contribution in [-0.2, 0) is 0 Å². The number of hydrogen-bond acceptors (Lipinski definition) is 0. The van der Waals surface area contributed by atoms with Gasteiger partial charge in [0.15, 0.2) is 6.67 Å². The van der Waals surface area contributed by atoms with Gasteiger partial charge in [-0.15, -0.1) is 0 Å². The summed E-state index contributed by atoms with van der Waals surface area (Å²) in [5.74, 6) is -5.19. The van der Waals surface area contributed by atoms with Gasteiger partial charge in [0.25, 0.3) is 0 Å². The Balaban J connectivity index is 0. The second-order valence-corrected chi connectivity index (χ2v) is 1.49. The Hall–Kier alpha value is -0.750. The third-order valence-electron chi connectivity index (χ3n) is 0.583. The van der Waals surface area contributed by atoms with Gasteiger partial charge >= 0.3 is 12.1 Å². The maximum Gasteiger partial charge on any atom is 0.456 e. The van der Waals surface area contributed by atoms with Crippen molar-refractivity contribution in [3.8, 4) is 0 Å². The van der Waals surface area contributed by atoms with E-state index in [1.165, 1.54) is 0 Å². The van der Waals surface area contributed by atoms with Crippen LogP contribution >= 0.6 is 0 Å². The van der Waals surface area contributed by atoms with E-state index in [0.717, 1.165) is 0 Å². The molecule has 0 aliphatic heterocycles. The van der Waals surface area contributed by atoms with Gasteiger partial charge < -0.3 is 0 Å². The van der Waals surface area contributed by atoms with Crippen LogP contribution in [0.25, 0.3) is 0 Å². The van der Waals surface area contributed by atoms with Crippen molar-refractivity contribution in [2.45, 2.75) is 12.1 Å². The zero-order chi connectivity index (χ0) is 10.4. The first kappa shape index (κ1) is 13.8. The minimum Gasteiger partial charge on any atom is -0.244 e. The van der Waals surface area contributed by atoms with Crippen LogP contribution in [0.5, 0.6) is 0 Å². The van der Waals surface area contributed by atoms with Crippen LogP contribution in [0.1, 0.15) is 0 Å². The largest absolute Gasteiger partial charge is 0.456 e. The second kappa shape index (κ2) is 5.00. The molecule has 0 saturated carbocycles. The van der Waals surface area contributed by atoms with Crippen LogP contribution in [0, 0.1) is 0 Å². The summed E-state index contributed by atoms with van der Waals surface area (Å²) in [4.78, 5) is 0. The van der Waals surface area contributed by atoms with Gasteiger partial charge in [-0.2, -0.15) is 22.0 Å². The zero-order valence-electron chi connectivity index (χ0n) is 5.64. The van der Waals surface area contributed by atoms with Crippen LogP contribution < -0.4 is 0 Å². The third-order valence-corrected chi connectivity index (χ3v) is 0.583. The monoisotopic (exact) mass is 198 g/mol. The summed E-state index contributed by atoms with van der Waals surface area (Å²) in [5, 5.41) is 0. The Kier molecular flexibility index (Phi) is 5.75. The smallest absolute Gasteiger partial charge is 0.244 e. The standard InChI is InChI=1S/C3H2F6.C2H3F/c4-1-2(5,6)3(7,8)9;1-2-3/h1H2;2H,1H2. The maximum atomic E-state index is 11.2. The summed E-state index contributed by atoms with van der Waals surface area (Å²) < 4.78 is 75.7. The van der Waals surface area contributed by atoms with Gasteiger partial charge in [-0.3, -0.25) is 0 Å². The van der Waals surface area contributed by atoms with Crippen LogP contribution in [0.2, 0.25) is 0 Å². The predicted molar refractivity (Wildman–Crippen MR) is 28.3 cm³/mol. The molecule has 0 aromatic carbocycles. The molecule has 0 aliphatic carbocycles. The molecule has 0 unspecified atom stereocenters. The lowest BCUT2D eigenvalue weighted by Crippen LogP contribution is -2.38. The van der Waals surface area contributed by atoms with Gasteiger partial charge in [0.05, 0.1) is 6.33 Å². The number of rotatable bonds is 1. The third kappa shape index (κ3) is 4.97. The van der Waals surface area contributed by atoms with Crippen LogP contribution in [0.15, 0.2) is 12.9 Å². The van der Waals surface area contributed by atoms with Gasteiger partial charge in [0, 0.05) is 0 Å². The van der Waals surface area contributed by atoms with E-state index in [0.29, 0.717) is 0 Å². The quantitative estimate of drug-likeness (QED) is 0.567. The summed E-state index contributed by atoms with van der Waals surface area (Å²) in [7, 11) is 0. The second-order valence-electron chi connectivity index (χ2n) is 1.49. The molecule has 0 fully saturated rings. The van der Waals surface area contributed by atoms with Crippen molar-refractivity contribution in [1.29, 1.82) is 0 Å². The maximum absolute atomic E-state index is 11.2. The SMILES string of the molecule is C=CF.FCC(F)(F)C(F)(F)F. The summed E-state index contributed by atoms with van der Waals surface area (Å²) >= 11 is 0. The number of alkyl halides is 6. The first-order chi connectivity index (χ1) is 5.22. The molecule has 0 radical (unpaired) electrons. The molecule has 0 aromatic heterocycles. The molecule has 0 N–H and O–H groups in total. The fourth-order valence-electron chi connectivity index (χ4n) is 0.0758. The van der Waals surface area contributed by atoms with E-state index in [1.54, 1.807) is 0 Å². The van der Waals surface area contributed by atoms with Crippen LogP contribution in [0.3, 0.4) is 0 Å². The molecule has 0 rings (SSSR count). The number of halogens is 7. The Morgan fingerprint density at radius 1 is 1.08 bits per heavy atom. The molecule has 0 aliphatic rings. The van der Waals surface area contributed by atoms with Crippen LogP contribution in [-0.4, -0.2) is 18.8 Å². The molecular weight excluding hydrogens is 193 g/mol. The Morgan fingerprint density at radius 3 is 1.33 bits per heavy atom. The van der Waals surface area contributed by atoms with Gasteiger partial charge in [0.1, 0.15) is 0 Å². The lowest BCUT2D eigenvalue weighted by molar-refractivity contribution is -0.286. The van der Waals surface area contributed by atoms with Crippen molar-refractivity contribution in [3.05, 3.63) is 12.9 Å². The molecule has 0 amide bonds. The highest BCUT2D eigenvalue weighted by Crippen LogP contribution is 2.35. The molecular formula is C5H5F7. The normalized spacial score (nSPS) is 11.6. The zero-order valence-corrected chi connectivity index (χ0v) is 5.64. The topological polar surface area (TPSA) is 0 Å². The molecule has 0 nitrogen and oxygen atoms in total. The van der Waals surface area contributed by atoms with Crippen molar-refractivity contribution >= 4 is 0 Å². The molecule has 0 aromatic rings. The van der Waals surface area contributed by atoms with E-state index in [4.69, 9.17) is 0 Å². The molecule has 0 saturated heterocycles. The lowest BCUT2D eigenvalue weighted by atomic mass is 10.4. The summed E-state index contributed by atoms with van der Waals surface area (Å²) in [6.45, 7) is -0.00347. The predicted octanol–water partition coefficient (Wildman–Crippen LogP) is 3.25. The van der Waals surface area contributed by atoms with E-state index in [9.17, 15) is 30.7 Å². The minimum atomic E-state index is -5.76. The van der Waals surface area contributed by atoms with Gasteiger partial charge in [0.2, 0.25) is 0 Å². The van der Waals surface area contributed by atoms with E-state index in [-0.39, 0.29) is 6.33 Å². The van der Waals surface area contributed by atoms with Crippen molar-refractivity contribution in [3.63, 3.8) is 0 Å². The average molecular weight is 198 g/mol. The van der Waals surface area contributed by atoms with Crippen LogP contribution in [0.4, 0.5) is 30.7 Å². The first-order valence-corrected chi connectivity index (χ1v) is 2.44. The fourth-order valence-corrected chi connectivity index (χ4v) is 0.0758. The Labute approximate surface area is 63.7 Å². The summed E-state index contributed by atoms with van der Waals surface area (Å²) in [6.07, 6.45) is -5.51. The molecule has 12 heavy (non-hydrogen) atoms. The van der Waals surface area contributed by atoms with Crippen molar-refractivity contribution in [2.75, 3.05) is 6.67 Å². The molecule has 74 valence electrons. The molecule has 0 heterocycles. The van der Waals surface area contributed by atoms with E-state index >= 15 is 0 Å². The summed E-state index contributed by atoms with van der Waals surface area (Å²) in [5.41, 5.74) is 0. The highest BCUT2D eigenvalue weighted by molar-refractivity contribution is 4.73. The van der Waals surface area contributed by atoms with Gasteiger partial charge in [-0.25, -0.2) is 8.78 Å². The molecule has 0 atom stereocenters. The Bertz CT molecular complexity index is 124. The van der Waals surface area contributed by atoms with Gasteiger partial charge in [-0.1, -0.05) is 6.58 Å². The van der Waals surface area contributed by atoms with Crippen molar-refractivity contribution in [2.24, 2.45) is 0 Å². The fraction of sp³-hybridized carbons (Fsp3) is 0.600. The van der Waals surface area contributed by atoms with E-state index in [2.05, 4.69) is 6.58 Å². The van der Waals surface area contributed by atoms with E-state index < -0.39 is 18.8 Å². The molecule has 7 heteroatoms. The van der Waals surface area contributed by atoms with Gasteiger partial charge in [-0.05, 0) is 0 Å². The highest BCUT2D eigenvalue weighted by Gasteiger charge is 2.57. The lowest BCUT2D eigenvalue weighted by Gasteiger charge is -2.14. The first-order valence-electron chi connectivity index (χ1n) is 2.44. The molecule has 0 spiro atoms. The highest BCUT2D eigenvalue weighted by atomic mass is 19.4. The summed E-state index contributed by atoms with van der Waals surface area (Å²) in [6, 6.07) is 0. The molecule has 0 bridgehead atoms. The minimum absolute atomic E-state index is 0.250. The van der Waals surface area contributed by atoms with Crippen molar-refractivity contribution < 1.29 is 30.7 Å². The average Bonchev–Trinajstić information content (AvgIpc) is 1.87. The Morgan fingerprint density at radius 2 is 1.33 bits per heavy atom.